The van der Waals surface area contributed by atoms with E-state index >= 15 is 0 Å². The Morgan fingerprint density at radius 3 is 2.44 bits per heavy atom. The molecule has 3 aliphatic rings. The molecule has 1 aliphatic carbocycles. The molecule has 1 amide bonds. The fourth-order valence-corrected chi connectivity index (χ4v) is 4.11. The maximum atomic E-state index is 12.9. The van der Waals surface area contributed by atoms with Gasteiger partial charge in [-0.05, 0) is 36.8 Å². The van der Waals surface area contributed by atoms with E-state index in [0.29, 0.717) is 19.5 Å². The van der Waals surface area contributed by atoms with E-state index in [1.165, 1.54) is 0 Å². The van der Waals surface area contributed by atoms with Crippen LogP contribution in [0.3, 0.4) is 0 Å². The van der Waals surface area contributed by atoms with Gasteiger partial charge >= 0.3 is 5.97 Å². The van der Waals surface area contributed by atoms with Crippen LogP contribution >= 0.6 is 0 Å². The second-order valence-electron chi connectivity index (χ2n) is 7.53. The SMILES string of the molecule is O=C(O)C1CC2(CC2)CNC1C(=O)N1CCN(c2ccncc2)CC1. The number of rotatable bonds is 3. The summed E-state index contributed by atoms with van der Waals surface area (Å²) in [5, 5.41) is 12.8. The smallest absolute Gasteiger partial charge is 0.308 e. The Labute approximate surface area is 147 Å². The third-order valence-electron chi connectivity index (χ3n) is 5.91. The molecule has 7 nitrogen and oxygen atoms in total. The molecule has 134 valence electrons. The first-order chi connectivity index (χ1) is 12.1. The molecule has 1 aromatic heterocycles. The van der Waals surface area contributed by atoms with Crippen LogP contribution in [-0.2, 0) is 9.59 Å². The van der Waals surface area contributed by atoms with Crippen LogP contribution in [0.4, 0.5) is 5.69 Å². The van der Waals surface area contributed by atoms with Crippen LogP contribution in [-0.4, -0.2) is 65.6 Å². The molecule has 2 saturated heterocycles. The molecule has 7 heteroatoms. The van der Waals surface area contributed by atoms with Crippen molar-refractivity contribution in [3.63, 3.8) is 0 Å². The summed E-state index contributed by atoms with van der Waals surface area (Å²) in [6.07, 6.45) is 6.32. The van der Waals surface area contributed by atoms with Crippen LogP contribution in [0.5, 0.6) is 0 Å². The summed E-state index contributed by atoms with van der Waals surface area (Å²) in [7, 11) is 0. The van der Waals surface area contributed by atoms with Crippen molar-refractivity contribution in [3.8, 4) is 0 Å². The van der Waals surface area contributed by atoms with Crippen LogP contribution in [0, 0.1) is 11.3 Å². The van der Waals surface area contributed by atoms with Crippen LogP contribution in [0.2, 0.25) is 0 Å². The minimum absolute atomic E-state index is 0.0581. The minimum atomic E-state index is -0.854. The molecule has 4 rings (SSSR count). The zero-order valence-corrected chi connectivity index (χ0v) is 14.2. The number of hydrogen-bond acceptors (Lipinski definition) is 5. The van der Waals surface area contributed by atoms with Crippen molar-refractivity contribution in [2.45, 2.75) is 25.3 Å². The predicted molar refractivity (Wildman–Crippen MR) is 92.2 cm³/mol. The van der Waals surface area contributed by atoms with Crippen LogP contribution in [0.1, 0.15) is 19.3 Å². The van der Waals surface area contributed by atoms with Gasteiger partial charge in [-0.2, -0.15) is 0 Å². The van der Waals surface area contributed by atoms with Crippen molar-refractivity contribution in [2.24, 2.45) is 11.3 Å². The summed E-state index contributed by atoms with van der Waals surface area (Å²) in [6, 6.07) is 3.35. The van der Waals surface area contributed by atoms with Gasteiger partial charge in [0.2, 0.25) is 5.91 Å². The summed E-state index contributed by atoms with van der Waals surface area (Å²) in [5.74, 6) is -1.52. The highest BCUT2D eigenvalue weighted by molar-refractivity contribution is 5.88. The number of carbonyl (C=O) groups is 2. The Morgan fingerprint density at radius 1 is 1.16 bits per heavy atom. The molecule has 0 bridgehead atoms. The van der Waals surface area contributed by atoms with Crippen molar-refractivity contribution in [1.29, 1.82) is 0 Å². The van der Waals surface area contributed by atoms with Crippen LogP contribution < -0.4 is 10.2 Å². The fourth-order valence-electron chi connectivity index (χ4n) is 4.11. The number of aliphatic carboxylic acids is 1. The minimum Gasteiger partial charge on any atom is -0.481 e. The number of aromatic nitrogens is 1. The number of nitrogens with zero attached hydrogens (tertiary/aromatic N) is 3. The molecule has 0 radical (unpaired) electrons. The zero-order valence-electron chi connectivity index (χ0n) is 14.2. The number of hydrogen-bond donors (Lipinski definition) is 2. The lowest BCUT2D eigenvalue weighted by Gasteiger charge is -2.41. The molecule has 3 heterocycles. The molecular weight excluding hydrogens is 320 g/mol. The van der Waals surface area contributed by atoms with Gasteiger partial charge in [-0.15, -0.1) is 0 Å². The number of pyridine rings is 1. The first kappa shape index (κ1) is 16.3. The quantitative estimate of drug-likeness (QED) is 0.834. The summed E-state index contributed by atoms with van der Waals surface area (Å²) >= 11 is 0. The Hall–Kier alpha value is -2.15. The molecular formula is C18H24N4O3. The molecule has 0 aromatic carbocycles. The third kappa shape index (κ3) is 3.20. The Balaban J connectivity index is 1.39. The largest absolute Gasteiger partial charge is 0.481 e. The number of piperazine rings is 1. The van der Waals surface area contributed by atoms with E-state index < -0.39 is 17.9 Å². The number of carbonyl (C=O) groups excluding carboxylic acids is 1. The molecule has 1 aromatic rings. The number of nitrogens with one attached hydrogen (secondary N) is 1. The van der Waals surface area contributed by atoms with E-state index in [2.05, 4.69) is 15.2 Å². The molecule has 1 saturated carbocycles. The topological polar surface area (TPSA) is 85.8 Å². The maximum absolute atomic E-state index is 12.9. The lowest BCUT2D eigenvalue weighted by molar-refractivity contribution is -0.150. The Morgan fingerprint density at radius 2 is 1.84 bits per heavy atom. The van der Waals surface area contributed by atoms with E-state index in [1.807, 2.05) is 17.0 Å². The lowest BCUT2D eigenvalue weighted by Crippen LogP contribution is -2.60. The van der Waals surface area contributed by atoms with Crippen molar-refractivity contribution < 1.29 is 14.7 Å². The van der Waals surface area contributed by atoms with Crippen molar-refractivity contribution in [2.75, 3.05) is 37.6 Å². The average molecular weight is 344 g/mol. The van der Waals surface area contributed by atoms with E-state index in [4.69, 9.17) is 0 Å². The molecule has 2 aliphatic heterocycles. The zero-order chi connectivity index (χ0) is 17.4. The molecule has 2 atom stereocenters. The first-order valence-electron chi connectivity index (χ1n) is 8.98. The molecule has 3 fully saturated rings. The van der Waals surface area contributed by atoms with Crippen molar-refractivity contribution in [1.82, 2.24) is 15.2 Å². The van der Waals surface area contributed by atoms with Crippen molar-refractivity contribution >= 4 is 17.6 Å². The van der Waals surface area contributed by atoms with Crippen LogP contribution in [0.25, 0.3) is 0 Å². The molecule has 25 heavy (non-hydrogen) atoms. The third-order valence-corrected chi connectivity index (χ3v) is 5.91. The average Bonchev–Trinajstić information content (AvgIpc) is 3.41. The fraction of sp³-hybridized carbons (Fsp3) is 0.611. The van der Waals surface area contributed by atoms with E-state index in [9.17, 15) is 14.7 Å². The van der Waals surface area contributed by atoms with Gasteiger partial charge in [-0.3, -0.25) is 14.6 Å². The van der Waals surface area contributed by atoms with E-state index in [0.717, 1.165) is 38.2 Å². The first-order valence-corrected chi connectivity index (χ1v) is 8.98. The summed E-state index contributed by atoms with van der Waals surface area (Å²) in [6.45, 7) is 3.52. The van der Waals surface area contributed by atoms with E-state index in [-0.39, 0.29) is 11.3 Å². The lowest BCUT2D eigenvalue weighted by atomic mass is 9.82. The predicted octanol–water partition coefficient (Wildman–Crippen LogP) is 0.573. The van der Waals surface area contributed by atoms with Gasteiger partial charge in [0.15, 0.2) is 0 Å². The standard InChI is InChI=1S/C18H24N4O3/c23-16(15-14(17(24)25)11-18(3-4-18)12-20-15)22-9-7-21(8-10-22)13-1-5-19-6-2-13/h1-2,5-6,14-15,20H,3-4,7-12H2,(H,24,25). The normalized spacial score (nSPS) is 28.0. The maximum Gasteiger partial charge on any atom is 0.308 e. The Kier molecular flexibility index (Phi) is 4.11. The summed E-state index contributed by atoms with van der Waals surface area (Å²) < 4.78 is 0. The number of amides is 1. The van der Waals surface area contributed by atoms with E-state index in [1.54, 1.807) is 12.4 Å². The number of carboxylic acids is 1. The van der Waals surface area contributed by atoms with Crippen LogP contribution in [0.15, 0.2) is 24.5 Å². The summed E-state index contributed by atoms with van der Waals surface area (Å²) in [4.78, 5) is 32.7. The monoisotopic (exact) mass is 344 g/mol. The van der Waals surface area contributed by atoms with Gasteiger partial charge < -0.3 is 20.2 Å². The van der Waals surface area contributed by atoms with Gasteiger partial charge in [-0.1, -0.05) is 0 Å². The second-order valence-corrected chi connectivity index (χ2v) is 7.53. The number of anilines is 1. The van der Waals surface area contributed by atoms with Gasteiger partial charge in [-0.25, -0.2) is 0 Å². The molecule has 2 N–H and O–H groups in total. The van der Waals surface area contributed by atoms with Gasteiger partial charge in [0.25, 0.3) is 0 Å². The Bertz CT molecular complexity index is 654. The van der Waals surface area contributed by atoms with Gasteiger partial charge in [0, 0.05) is 50.8 Å². The van der Waals surface area contributed by atoms with Gasteiger partial charge in [0.05, 0.1) is 5.92 Å². The van der Waals surface area contributed by atoms with Gasteiger partial charge in [0.1, 0.15) is 6.04 Å². The molecule has 2 unspecified atom stereocenters. The van der Waals surface area contributed by atoms with Crippen molar-refractivity contribution in [3.05, 3.63) is 24.5 Å². The highest BCUT2D eigenvalue weighted by Gasteiger charge is 2.52. The second kappa shape index (κ2) is 6.29. The number of piperidine rings is 1. The molecule has 1 spiro atoms. The highest BCUT2D eigenvalue weighted by atomic mass is 16.4. The highest BCUT2D eigenvalue weighted by Crippen LogP contribution is 2.52. The number of carboxylic acid groups (broad SMARTS) is 1. The summed E-state index contributed by atoms with van der Waals surface area (Å²) in [5.41, 5.74) is 1.25.